The van der Waals surface area contributed by atoms with Gasteiger partial charge < -0.3 is 9.30 Å². The van der Waals surface area contributed by atoms with Gasteiger partial charge in [0.1, 0.15) is 11.5 Å². The Balaban J connectivity index is 1.33. The molecular formula is C37H27NO. The van der Waals surface area contributed by atoms with Crippen molar-refractivity contribution in [3.8, 4) is 28.3 Å². The van der Waals surface area contributed by atoms with Crippen LogP contribution in [0, 0.1) is 0 Å². The Morgan fingerprint density at radius 3 is 2.21 bits per heavy atom. The zero-order chi connectivity index (χ0) is 26.1. The SMILES string of the molecule is CC1(C)c2ccccc2Oc2ccc(-c3cccc(-n4c5ccccc5c5ccc6ccccc6c54)c3)cc21. The van der Waals surface area contributed by atoms with E-state index in [1.807, 2.05) is 6.07 Å². The highest BCUT2D eigenvalue weighted by Crippen LogP contribution is 2.48. The predicted octanol–water partition coefficient (Wildman–Crippen LogP) is 10.0. The van der Waals surface area contributed by atoms with Crippen LogP contribution in [0.25, 0.3) is 49.4 Å². The molecule has 2 nitrogen and oxygen atoms in total. The minimum atomic E-state index is -0.149. The van der Waals surface area contributed by atoms with E-state index in [0.717, 1.165) is 17.2 Å². The maximum Gasteiger partial charge on any atom is 0.131 e. The highest BCUT2D eigenvalue weighted by atomic mass is 16.5. The Hall–Kier alpha value is -4.82. The third-order valence-electron chi connectivity index (χ3n) is 8.43. The summed E-state index contributed by atoms with van der Waals surface area (Å²) in [6.45, 7) is 4.58. The average molecular weight is 502 g/mol. The fourth-order valence-corrected chi connectivity index (χ4v) is 6.45. The van der Waals surface area contributed by atoms with Gasteiger partial charge >= 0.3 is 0 Å². The lowest BCUT2D eigenvalue weighted by Crippen LogP contribution is -2.24. The molecule has 7 aromatic rings. The summed E-state index contributed by atoms with van der Waals surface area (Å²) in [5, 5.41) is 5.07. The molecule has 0 amide bonds. The van der Waals surface area contributed by atoms with Gasteiger partial charge in [-0.1, -0.05) is 105 Å². The van der Waals surface area contributed by atoms with Crippen LogP contribution in [0.3, 0.4) is 0 Å². The number of hydrogen-bond donors (Lipinski definition) is 0. The van der Waals surface area contributed by atoms with Crippen LogP contribution in [0.5, 0.6) is 11.5 Å². The first-order chi connectivity index (χ1) is 19.1. The summed E-state index contributed by atoms with van der Waals surface area (Å²) >= 11 is 0. The highest BCUT2D eigenvalue weighted by molar-refractivity contribution is 6.18. The van der Waals surface area contributed by atoms with E-state index in [9.17, 15) is 0 Å². The van der Waals surface area contributed by atoms with Crippen molar-refractivity contribution in [2.75, 3.05) is 0 Å². The van der Waals surface area contributed by atoms with E-state index in [0.29, 0.717) is 0 Å². The quantitative estimate of drug-likeness (QED) is 0.230. The van der Waals surface area contributed by atoms with Gasteiger partial charge in [-0.3, -0.25) is 0 Å². The molecule has 0 atom stereocenters. The molecule has 0 N–H and O–H groups in total. The Labute approximate surface area is 227 Å². The molecule has 0 radical (unpaired) electrons. The van der Waals surface area contributed by atoms with Gasteiger partial charge in [0.2, 0.25) is 0 Å². The van der Waals surface area contributed by atoms with Gasteiger partial charge in [-0.15, -0.1) is 0 Å². The molecule has 1 aromatic heterocycles. The lowest BCUT2D eigenvalue weighted by atomic mass is 9.75. The number of ether oxygens (including phenoxy) is 1. The van der Waals surface area contributed by atoms with E-state index in [-0.39, 0.29) is 5.41 Å². The average Bonchev–Trinajstić information content (AvgIpc) is 3.32. The number of nitrogens with zero attached hydrogens (tertiary/aromatic N) is 1. The highest BCUT2D eigenvalue weighted by Gasteiger charge is 2.34. The molecule has 0 bridgehead atoms. The number of benzene rings is 6. The van der Waals surface area contributed by atoms with Crippen LogP contribution in [0.4, 0.5) is 0 Å². The Morgan fingerprint density at radius 1 is 0.538 bits per heavy atom. The van der Waals surface area contributed by atoms with Crippen molar-refractivity contribution in [2.24, 2.45) is 0 Å². The van der Waals surface area contributed by atoms with Gasteiger partial charge in [-0.2, -0.15) is 0 Å². The molecule has 6 aromatic carbocycles. The second kappa shape index (κ2) is 8.09. The summed E-state index contributed by atoms with van der Waals surface area (Å²) in [6, 6.07) is 45.8. The van der Waals surface area contributed by atoms with Crippen molar-refractivity contribution in [2.45, 2.75) is 19.3 Å². The van der Waals surface area contributed by atoms with E-state index in [2.05, 4.69) is 140 Å². The van der Waals surface area contributed by atoms with Crippen LogP contribution in [-0.2, 0) is 5.41 Å². The zero-order valence-electron chi connectivity index (χ0n) is 22.0. The van der Waals surface area contributed by atoms with Crippen LogP contribution >= 0.6 is 0 Å². The third kappa shape index (κ3) is 3.21. The lowest BCUT2D eigenvalue weighted by Gasteiger charge is -2.34. The topological polar surface area (TPSA) is 14.2 Å². The predicted molar refractivity (Wildman–Crippen MR) is 162 cm³/mol. The summed E-state index contributed by atoms with van der Waals surface area (Å²) in [6.07, 6.45) is 0. The zero-order valence-corrected chi connectivity index (χ0v) is 22.0. The lowest BCUT2D eigenvalue weighted by molar-refractivity contribution is 0.418. The van der Waals surface area contributed by atoms with E-state index in [1.54, 1.807) is 0 Å². The van der Waals surface area contributed by atoms with E-state index in [4.69, 9.17) is 4.74 Å². The van der Waals surface area contributed by atoms with Crippen molar-refractivity contribution >= 4 is 32.6 Å². The molecule has 39 heavy (non-hydrogen) atoms. The van der Waals surface area contributed by atoms with Gasteiger partial charge in [-0.25, -0.2) is 0 Å². The van der Waals surface area contributed by atoms with Crippen molar-refractivity contribution < 1.29 is 4.74 Å². The first-order valence-electron chi connectivity index (χ1n) is 13.5. The smallest absolute Gasteiger partial charge is 0.131 e. The summed E-state index contributed by atoms with van der Waals surface area (Å²) < 4.78 is 8.75. The Kier molecular flexibility index (Phi) is 4.60. The van der Waals surface area contributed by atoms with Gasteiger partial charge in [0, 0.05) is 38.4 Å². The van der Waals surface area contributed by atoms with Crippen LogP contribution in [0.15, 0.2) is 127 Å². The summed E-state index contributed by atoms with van der Waals surface area (Å²) in [5.74, 6) is 1.89. The van der Waals surface area contributed by atoms with E-state index in [1.165, 1.54) is 54.8 Å². The van der Waals surface area contributed by atoms with Gasteiger partial charge in [0.05, 0.1) is 11.0 Å². The van der Waals surface area contributed by atoms with Crippen molar-refractivity contribution in [3.63, 3.8) is 0 Å². The fourth-order valence-electron chi connectivity index (χ4n) is 6.45. The van der Waals surface area contributed by atoms with E-state index < -0.39 is 0 Å². The van der Waals surface area contributed by atoms with Crippen molar-refractivity contribution in [3.05, 3.63) is 139 Å². The first kappa shape index (κ1) is 22.2. The number of rotatable bonds is 2. The van der Waals surface area contributed by atoms with Crippen LogP contribution in [0.1, 0.15) is 25.0 Å². The van der Waals surface area contributed by atoms with Gasteiger partial charge in [-0.05, 0) is 52.9 Å². The third-order valence-corrected chi connectivity index (χ3v) is 8.43. The normalized spacial score (nSPS) is 13.8. The molecule has 1 aliphatic rings. The standard InChI is InChI=1S/C37H27NO/c1-37(2)31-15-6-8-17-34(31)39-35-21-19-26(23-32(35)37)25-11-9-12-27(22-25)38-33-16-7-5-14-29(33)30-20-18-24-10-3-4-13-28(24)36(30)38/h3-23H,1-2H3. The maximum atomic E-state index is 6.32. The minimum Gasteiger partial charge on any atom is -0.457 e. The minimum absolute atomic E-state index is 0.149. The molecule has 1 aliphatic heterocycles. The fraction of sp³-hybridized carbons (Fsp3) is 0.0811. The molecule has 0 saturated heterocycles. The van der Waals surface area contributed by atoms with Gasteiger partial charge in [0.15, 0.2) is 0 Å². The number of aromatic nitrogens is 1. The summed E-state index contributed by atoms with van der Waals surface area (Å²) in [7, 11) is 0. The largest absolute Gasteiger partial charge is 0.457 e. The summed E-state index contributed by atoms with van der Waals surface area (Å²) in [5.41, 5.74) is 8.30. The van der Waals surface area contributed by atoms with Crippen LogP contribution in [-0.4, -0.2) is 4.57 Å². The molecule has 0 unspecified atom stereocenters. The first-order valence-corrected chi connectivity index (χ1v) is 13.5. The Morgan fingerprint density at radius 2 is 1.28 bits per heavy atom. The van der Waals surface area contributed by atoms with Crippen molar-refractivity contribution in [1.82, 2.24) is 4.57 Å². The van der Waals surface area contributed by atoms with Crippen LogP contribution in [0.2, 0.25) is 0 Å². The Bertz CT molecular complexity index is 2080. The second-order valence-corrected chi connectivity index (χ2v) is 11.0. The molecule has 0 aliphatic carbocycles. The molecule has 2 heterocycles. The number of fused-ring (bicyclic) bond motifs is 7. The van der Waals surface area contributed by atoms with E-state index >= 15 is 0 Å². The molecule has 0 saturated carbocycles. The molecule has 8 rings (SSSR count). The number of para-hydroxylation sites is 2. The summed E-state index contributed by atoms with van der Waals surface area (Å²) in [4.78, 5) is 0. The van der Waals surface area contributed by atoms with Crippen molar-refractivity contribution in [1.29, 1.82) is 0 Å². The second-order valence-electron chi connectivity index (χ2n) is 11.0. The molecule has 186 valence electrons. The maximum absolute atomic E-state index is 6.32. The molecule has 0 fully saturated rings. The molecule has 2 heteroatoms. The monoisotopic (exact) mass is 501 g/mol. The molecular weight excluding hydrogens is 474 g/mol. The molecule has 0 spiro atoms. The van der Waals surface area contributed by atoms with Crippen LogP contribution < -0.4 is 4.74 Å². The number of hydrogen-bond acceptors (Lipinski definition) is 1. The van der Waals surface area contributed by atoms with Gasteiger partial charge in [0.25, 0.3) is 0 Å².